The second kappa shape index (κ2) is 6.18. The van der Waals surface area contributed by atoms with Gasteiger partial charge in [0, 0.05) is 16.3 Å². The van der Waals surface area contributed by atoms with E-state index < -0.39 is 0 Å². The summed E-state index contributed by atoms with van der Waals surface area (Å²) in [6, 6.07) is 5.87. The van der Waals surface area contributed by atoms with Crippen molar-refractivity contribution in [3.8, 4) is 0 Å². The number of aromatic nitrogens is 4. The van der Waals surface area contributed by atoms with Crippen LogP contribution in [0, 0.1) is 13.8 Å². The van der Waals surface area contributed by atoms with Crippen molar-refractivity contribution in [2.24, 2.45) is 0 Å². The Labute approximate surface area is 136 Å². The molecule has 3 aromatic rings. The molecule has 0 unspecified atom stereocenters. The molecule has 0 saturated heterocycles. The minimum atomic E-state index is 0.120. The third-order valence-electron chi connectivity index (χ3n) is 3.22. The van der Waals surface area contributed by atoms with Gasteiger partial charge in [0.15, 0.2) is 5.78 Å². The second-order valence-corrected chi connectivity index (χ2v) is 7.09. The monoisotopic (exact) mass is 332 g/mol. The number of rotatable bonds is 5. The summed E-state index contributed by atoms with van der Waals surface area (Å²) in [4.78, 5) is 23.0. The molecule has 0 N–H and O–H groups in total. The van der Waals surface area contributed by atoms with Crippen molar-refractivity contribution in [3.63, 3.8) is 0 Å². The van der Waals surface area contributed by atoms with Gasteiger partial charge in [0.2, 0.25) is 5.16 Å². The first-order valence-electron chi connectivity index (χ1n) is 7.02. The maximum absolute atomic E-state index is 12.2. The molecule has 5 nitrogen and oxygen atoms in total. The van der Waals surface area contributed by atoms with Gasteiger partial charge in [0.05, 0.1) is 10.6 Å². The van der Waals surface area contributed by atoms with E-state index in [-0.39, 0.29) is 5.78 Å². The number of carbonyl (C=O) groups is 1. The van der Waals surface area contributed by atoms with Crippen LogP contribution in [0.25, 0.3) is 5.78 Å². The lowest BCUT2D eigenvalue weighted by Crippen LogP contribution is -2.00. The van der Waals surface area contributed by atoms with Gasteiger partial charge in [-0.25, -0.2) is 9.50 Å². The second-order valence-electron chi connectivity index (χ2n) is 4.98. The van der Waals surface area contributed by atoms with Crippen molar-refractivity contribution in [1.82, 2.24) is 19.6 Å². The third kappa shape index (κ3) is 3.05. The first kappa shape index (κ1) is 15.2. The standard InChI is InChI=1S/C15H16N4OS2/c1-4-11-5-6-13(22-11)12(20)8-21-15-17-14-16-9(2)7-10(3)19(14)18-15/h5-7H,4,8H2,1-3H3. The van der Waals surface area contributed by atoms with Gasteiger partial charge in [0.25, 0.3) is 5.78 Å². The lowest BCUT2D eigenvalue weighted by Gasteiger charge is -1.97. The van der Waals surface area contributed by atoms with Crippen LogP contribution in [-0.2, 0) is 6.42 Å². The highest BCUT2D eigenvalue weighted by atomic mass is 32.2. The summed E-state index contributed by atoms with van der Waals surface area (Å²) >= 11 is 2.92. The molecule has 0 aliphatic rings. The van der Waals surface area contributed by atoms with Crippen molar-refractivity contribution >= 4 is 34.7 Å². The molecule has 0 atom stereocenters. The molecule has 0 amide bonds. The zero-order valence-electron chi connectivity index (χ0n) is 12.7. The molecule has 0 radical (unpaired) electrons. The van der Waals surface area contributed by atoms with E-state index in [0.717, 1.165) is 22.7 Å². The minimum absolute atomic E-state index is 0.120. The summed E-state index contributed by atoms with van der Waals surface area (Å²) in [7, 11) is 0. The largest absolute Gasteiger partial charge is 0.292 e. The Morgan fingerprint density at radius 2 is 2.14 bits per heavy atom. The van der Waals surface area contributed by atoms with Gasteiger partial charge in [0.1, 0.15) is 0 Å². The van der Waals surface area contributed by atoms with Gasteiger partial charge >= 0.3 is 0 Å². The molecule has 114 valence electrons. The lowest BCUT2D eigenvalue weighted by atomic mass is 10.3. The maximum Gasteiger partial charge on any atom is 0.253 e. The molecule has 0 aliphatic carbocycles. The number of hydrogen-bond acceptors (Lipinski definition) is 6. The molecule has 0 saturated carbocycles. The summed E-state index contributed by atoms with van der Waals surface area (Å²) < 4.78 is 1.71. The number of aryl methyl sites for hydroxylation is 3. The highest BCUT2D eigenvalue weighted by molar-refractivity contribution is 7.99. The van der Waals surface area contributed by atoms with E-state index in [2.05, 4.69) is 22.0 Å². The molecule has 0 bridgehead atoms. The van der Waals surface area contributed by atoms with E-state index in [4.69, 9.17) is 0 Å². The van der Waals surface area contributed by atoms with E-state index in [1.54, 1.807) is 15.9 Å². The van der Waals surface area contributed by atoms with Gasteiger partial charge in [-0.05, 0) is 38.5 Å². The molecular formula is C15H16N4OS2. The Bertz CT molecular complexity index is 837. The fourth-order valence-electron chi connectivity index (χ4n) is 2.13. The predicted molar refractivity (Wildman–Crippen MR) is 89.0 cm³/mol. The number of hydrogen-bond donors (Lipinski definition) is 0. The number of thioether (sulfide) groups is 1. The molecular weight excluding hydrogens is 316 g/mol. The summed E-state index contributed by atoms with van der Waals surface area (Å²) in [5.41, 5.74) is 1.90. The lowest BCUT2D eigenvalue weighted by molar-refractivity contribution is 0.102. The first-order valence-corrected chi connectivity index (χ1v) is 8.82. The van der Waals surface area contributed by atoms with Gasteiger partial charge in [-0.2, -0.15) is 4.98 Å². The zero-order chi connectivity index (χ0) is 15.7. The first-order chi connectivity index (χ1) is 10.6. The van der Waals surface area contributed by atoms with E-state index in [1.165, 1.54) is 16.6 Å². The fourth-order valence-corrected chi connectivity index (χ4v) is 3.81. The zero-order valence-corrected chi connectivity index (χ0v) is 14.3. The van der Waals surface area contributed by atoms with Gasteiger partial charge < -0.3 is 0 Å². The van der Waals surface area contributed by atoms with Crippen molar-refractivity contribution in [3.05, 3.63) is 39.3 Å². The molecule has 22 heavy (non-hydrogen) atoms. The number of carbonyl (C=O) groups excluding carboxylic acids is 1. The van der Waals surface area contributed by atoms with Crippen molar-refractivity contribution < 1.29 is 4.79 Å². The molecule has 0 spiro atoms. The van der Waals surface area contributed by atoms with E-state index in [1.807, 2.05) is 32.0 Å². The normalized spacial score (nSPS) is 11.2. The van der Waals surface area contributed by atoms with E-state index >= 15 is 0 Å². The Balaban J connectivity index is 1.73. The molecule has 7 heteroatoms. The Kier molecular flexibility index (Phi) is 4.26. The minimum Gasteiger partial charge on any atom is -0.292 e. The SMILES string of the molecule is CCc1ccc(C(=O)CSc2nc3nc(C)cc(C)n3n2)s1. The van der Waals surface area contributed by atoms with Crippen LogP contribution >= 0.6 is 23.1 Å². The van der Waals surface area contributed by atoms with Crippen molar-refractivity contribution in [2.45, 2.75) is 32.3 Å². The maximum atomic E-state index is 12.2. The van der Waals surface area contributed by atoms with Crippen LogP contribution < -0.4 is 0 Å². The third-order valence-corrected chi connectivity index (χ3v) is 5.32. The summed E-state index contributed by atoms with van der Waals surface area (Å²) in [5, 5.41) is 4.98. The van der Waals surface area contributed by atoms with Crippen LogP contribution in [-0.4, -0.2) is 31.1 Å². The number of thiophene rings is 1. The van der Waals surface area contributed by atoms with Crippen LogP contribution in [0.1, 0.15) is 32.9 Å². The smallest absolute Gasteiger partial charge is 0.253 e. The van der Waals surface area contributed by atoms with Crippen LogP contribution in [0.3, 0.4) is 0 Å². The number of fused-ring (bicyclic) bond motifs is 1. The van der Waals surface area contributed by atoms with E-state index in [0.29, 0.717) is 16.7 Å². The average molecular weight is 332 g/mol. The van der Waals surface area contributed by atoms with Gasteiger partial charge in [-0.1, -0.05) is 18.7 Å². The molecule has 0 aromatic carbocycles. The molecule has 0 aliphatic heterocycles. The Morgan fingerprint density at radius 3 is 2.86 bits per heavy atom. The average Bonchev–Trinajstić information content (AvgIpc) is 3.11. The molecule has 3 heterocycles. The summed E-state index contributed by atoms with van der Waals surface area (Å²) in [6.45, 7) is 5.99. The van der Waals surface area contributed by atoms with Crippen LogP contribution in [0.2, 0.25) is 0 Å². The Hall–Kier alpha value is -1.73. The fraction of sp³-hybridized carbons (Fsp3) is 0.333. The van der Waals surface area contributed by atoms with Gasteiger partial charge in [-0.15, -0.1) is 16.4 Å². The van der Waals surface area contributed by atoms with Crippen molar-refractivity contribution in [1.29, 1.82) is 0 Å². The van der Waals surface area contributed by atoms with Crippen LogP contribution in [0.5, 0.6) is 0 Å². The van der Waals surface area contributed by atoms with Crippen molar-refractivity contribution in [2.75, 3.05) is 5.75 Å². The van der Waals surface area contributed by atoms with Crippen LogP contribution in [0.4, 0.5) is 0 Å². The quantitative estimate of drug-likeness (QED) is 0.530. The predicted octanol–water partition coefficient (Wildman–Crippen LogP) is 3.34. The van der Waals surface area contributed by atoms with Gasteiger partial charge in [-0.3, -0.25) is 4.79 Å². The van der Waals surface area contributed by atoms with Crippen LogP contribution in [0.15, 0.2) is 23.4 Å². The highest BCUT2D eigenvalue weighted by Crippen LogP contribution is 2.21. The summed E-state index contributed by atoms with van der Waals surface area (Å²) in [5.74, 6) is 1.05. The topological polar surface area (TPSA) is 60.2 Å². The number of nitrogens with zero attached hydrogens (tertiary/aromatic N) is 4. The number of ketones is 1. The molecule has 3 rings (SSSR count). The molecule has 0 fully saturated rings. The highest BCUT2D eigenvalue weighted by Gasteiger charge is 2.13. The Morgan fingerprint density at radius 1 is 1.32 bits per heavy atom. The van der Waals surface area contributed by atoms with E-state index in [9.17, 15) is 4.79 Å². The molecule has 3 aromatic heterocycles. The number of Topliss-reactive ketones (excluding diaryl/α,β-unsaturated/α-hetero) is 1. The summed E-state index contributed by atoms with van der Waals surface area (Å²) in [6.07, 6.45) is 0.962.